The Kier molecular flexibility index (Phi) is 8.38. The summed E-state index contributed by atoms with van der Waals surface area (Å²) in [5.41, 5.74) is -0.642. The topological polar surface area (TPSA) is 78.6 Å². The fourth-order valence-electron chi connectivity index (χ4n) is 4.92. The van der Waals surface area contributed by atoms with E-state index in [9.17, 15) is 5.11 Å². The predicted octanol–water partition coefficient (Wildman–Crippen LogP) is 7.54. The Morgan fingerprint density at radius 2 is 1.56 bits per heavy atom. The molecule has 0 aliphatic carbocycles. The van der Waals surface area contributed by atoms with Crippen molar-refractivity contribution in [3.05, 3.63) is 91.4 Å². The maximum absolute atomic E-state index is 11.9. The van der Waals surface area contributed by atoms with Crippen LogP contribution < -0.4 is 0 Å². The van der Waals surface area contributed by atoms with Gasteiger partial charge in [-0.15, -0.1) is 0 Å². The molecule has 1 aliphatic rings. The van der Waals surface area contributed by atoms with Crippen LogP contribution in [0.2, 0.25) is 25.2 Å². The lowest BCUT2D eigenvalue weighted by molar-refractivity contribution is -0.147. The van der Waals surface area contributed by atoms with Crippen molar-refractivity contribution in [1.82, 2.24) is 14.5 Å². The summed E-state index contributed by atoms with van der Waals surface area (Å²) in [6.45, 7) is 3.86. The third kappa shape index (κ3) is 5.75. The van der Waals surface area contributed by atoms with E-state index < -0.39 is 23.5 Å². The summed E-state index contributed by atoms with van der Waals surface area (Å²) >= 11 is 31.1. The number of aromatic nitrogens is 3. The van der Waals surface area contributed by atoms with E-state index in [1.165, 1.54) is 6.33 Å². The maximum atomic E-state index is 11.9. The first kappa shape index (κ1) is 28.9. The zero-order valence-corrected chi connectivity index (χ0v) is 24.7. The number of benzene rings is 2. The third-order valence-corrected chi connectivity index (χ3v) is 8.24. The third-order valence-electron chi connectivity index (χ3n) is 6.76. The standard InChI is InChI=1S/C27H24Cl5N3O4/c1-26(13-37-11-15-3-5-17(28)9-20(15)30)24(38-12-16-4-6-18(29)10-21(16)31)27(2,36)25(39-26)35-8-7-19-22(32)33-14-34-23(19)35/h3-10,14,24-25,36H,11-13H2,1-2H3/t24-,25?,26-,27-/m1/s1. The average Bonchev–Trinajstić information content (AvgIpc) is 3.37. The summed E-state index contributed by atoms with van der Waals surface area (Å²) in [6.07, 6.45) is 1.37. The normalized spacial score (nSPS) is 25.0. The minimum Gasteiger partial charge on any atom is -0.383 e. The molecule has 1 fully saturated rings. The van der Waals surface area contributed by atoms with Crippen molar-refractivity contribution in [2.24, 2.45) is 0 Å². The Morgan fingerprint density at radius 3 is 2.21 bits per heavy atom. The molecule has 1 saturated heterocycles. The van der Waals surface area contributed by atoms with Gasteiger partial charge in [0.25, 0.3) is 0 Å². The van der Waals surface area contributed by atoms with Crippen LogP contribution in [0.5, 0.6) is 0 Å². The summed E-state index contributed by atoms with van der Waals surface area (Å²) in [7, 11) is 0. The second kappa shape index (κ2) is 11.3. The maximum Gasteiger partial charge on any atom is 0.167 e. The number of halogens is 5. The molecular weight excluding hydrogens is 608 g/mol. The van der Waals surface area contributed by atoms with E-state index >= 15 is 0 Å². The number of fused-ring (bicyclic) bond motifs is 1. The Bertz CT molecular complexity index is 1510. The molecule has 0 spiro atoms. The van der Waals surface area contributed by atoms with Crippen molar-refractivity contribution in [2.75, 3.05) is 6.61 Å². The summed E-state index contributed by atoms with van der Waals surface area (Å²) in [4.78, 5) is 8.40. The van der Waals surface area contributed by atoms with E-state index in [0.29, 0.717) is 41.8 Å². The molecule has 5 rings (SSSR count). The van der Waals surface area contributed by atoms with Crippen molar-refractivity contribution in [2.45, 2.75) is 50.6 Å². The van der Waals surface area contributed by atoms with Gasteiger partial charge in [-0.3, -0.25) is 0 Å². The summed E-state index contributed by atoms with van der Waals surface area (Å²) in [6, 6.07) is 12.1. The molecule has 7 nitrogen and oxygen atoms in total. The van der Waals surface area contributed by atoms with Crippen LogP contribution in [0, 0.1) is 0 Å². The van der Waals surface area contributed by atoms with Crippen LogP contribution in [0.25, 0.3) is 11.0 Å². The first-order chi connectivity index (χ1) is 18.5. The number of aliphatic hydroxyl groups is 1. The largest absolute Gasteiger partial charge is 0.383 e. The van der Waals surface area contributed by atoms with Gasteiger partial charge in [0.15, 0.2) is 6.23 Å². The molecule has 1 aliphatic heterocycles. The van der Waals surface area contributed by atoms with Gasteiger partial charge in [0.05, 0.1) is 25.2 Å². The number of rotatable bonds is 8. The number of hydrogen-bond acceptors (Lipinski definition) is 6. The van der Waals surface area contributed by atoms with E-state index in [1.807, 2.05) is 6.92 Å². The molecule has 4 aromatic rings. The quantitative estimate of drug-likeness (QED) is 0.203. The van der Waals surface area contributed by atoms with Crippen molar-refractivity contribution in [3.63, 3.8) is 0 Å². The molecular formula is C27H24Cl5N3O4. The first-order valence-corrected chi connectivity index (χ1v) is 13.8. The molecule has 1 unspecified atom stereocenters. The van der Waals surface area contributed by atoms with Gasteiger partial charge in [-0.1, -0.05) is 70.1 Å². The van der Waals surface area contributed by atoms with E-state index in [1.54, 1.807) is 60.2 Å². The Labute approximate surface area is 250 Å². The van der Waals surface area contributed by atoms with Crippen molar-refractivity contribution in [3.8, 4) is 0 Å². The van der Waals surface area contributed by atoms with Crippen LogP contribution in [0.15, 0.2) is 55.0 Å². The van der Waals surface area contributed by atoms with Crippen molar-refractivity contribution in [1.29, 1.82) is 0 Å². The molecule has 4 atom stereocenters. The minimum atomic E-state index is -1.53. The lowest BCUT2D eigenvalue weighted by Gasteiger charge is -2.34. The van der Waals surface area contributed by atoms with Gasteiger partial charge in [0, 0.05) is 26.3 Å². The smallest absolute Gasteiger partial charge is 0.167 e. The Balaban J connectivity index is 1.45. The number of ether oxygens (including phenoxy) is 3. The second-order valence-corrected chi connectivity index (χ2v) is 11.8. The van der Waals surface area contributed by atoms with Crippen LogP contribution in [0.4, 0.5) is 0 Å². The van der Waals surface area contributed by atoms with Gasteiger partial charge in [-0.05, 0) is 55.3 Å². The lowest BCUT2D eigenvalue weighted by atomic mass is 9.88. The van der Waals surface area contributed by atoms with Crippen LogP contribution in [-0.2, 0) is 27.4 Å². The molecule has 1 N–H and O–H groups in total. The Morgan fingerprint density at radius 1 is 0.923 bits per heavy atom. The van der Waals surface area contributed by atoms with E-state index in [2.05, 4.69) is 9.97 Å². The van der Waals surface area contributed by atoms with E-state index in [0.717, 1.165) is 5.56 Å². The fraction of sp³-hybridized carbons (Fsp3) is 0.333. The minimum absolute atomic E-state index is 0.0760. The highest BCUT2D eigenvalue weighted by Gasteiger charge is 2.61. The average molecular weight is 632 g/mol. The summed E-state index contributed by atoms with van der Waals surface area (Å²) in [5.74, 6) is 0. The molecule has 0 radical (unpaired) electrons. The summed E-state index contributed by atoms with van der Waals surface area (Å²) < 4.78 is 20.7. The highest BCUT2D eigenvalue weighted by Crippen LogP contribution is 2.47. The fourth-order valence-corrected chi connectivity index (χ4v) is 6.04. The summed E-state index contributed by atoms with van der Waals surface area (Å²) in [5, 5.41) is 14.9. The van der Waals surface area contributed by atoms with Crippen LogP contribution in [0.3, 0.4) is 0 Å². The molecule has 0 amide bonds. The predicted molar refractivity (Wildman–Crippen MR) is 153 cm³/mol. The zero-order valence-electron chi connectivity index (χ0n) is 20.9. The zero-order chi connectivity index (χ0) is 27.9. The molecule has 206 valence electrons. The van der Waals surface area contributed by atoms with Crippen LogP contribution in [0.1, 0.15) is 31.2 Å². The number of nitrogens with zero attached hydrogens (tertiary/aromatic N) is 3. The van der Waals surface area contributed by atoms with Gasteiger partial charge in [-0.2, -0.15) is 0 Å². The van der Waals surface area contributed by atoms with Crippen LogP contribution in [-0.4, -0.2) is 43.6 Å². The molecule has 2 aromatic heterocycles. The van der Waals surface area contributed by atoms with Gasteiger partial charge >= 0.3 is 0 Å². The molecule has 39 heavy (non-hydrogen) atoms. The lowest BCUT2D eigenvalue weighted by Crippen LogP contribution is -2.51. The van der Waals surface area contributed by atoms with Gasteiger partial charge in [0.2, 0.25) is 0 Å². The molecule has 12 heteroatoms. The van der Waals surface area contributed by atoms with Gasteiger partial charge < -0.3 is 23.9 Å². The first-order valence-electron chi connectivity index (χ1n) is 11.9. The van der Waals surface area contributed by atoms with Crippen molar-refractivity contribution < 1.29 is 19.3 Å². The molecule has 3 heterocycles. The Hall–Kier alpha value is -1.65. The monoisotopic (exact) mass is 629 g/mol. The van der Waals surface area contributed by atoms with Crippen LogP contribution >= 0.6 is 58.0 Å². The molecule has 2 aromatic carbocycles. The second-order valence-electron chi connectivity index (χ2n) is 9.79. The van der Waals surface area contributed by atoms with Gasteiger partial charge in [-0.25, -0.2) is 9.97 Å². The molecule has 0 bridgehead atoms. The highest BCUT2D eigenvalue weighted by atomic mass is 35.5. The van der Waals surface area contributed by atoms with E-state index in [4.69, 9.17) is 72.2 Å². The van der Waals surface area contributed by atoms with Crippen molar-refractivity contribution >= 4 is 69.0 Å². The highest BCUT2D eigenvalue weighted by molar-refractivity contribution is 6.35. The number of hydrogen-bond donors (Lipinski definition) is 1. The van der Waals surface area contributed by atoms with Gasteiger partial charge in [0.1, 0.15) is 34.4 Å². The SMILES string of the molecule is C[C@]1(COCc2ccc(Cl)cc2Cl)OC(n2ccc3c(Cl)ncnc32)[C@](C)(O)[C@@H]1OCc1ccc(Cl)cc1Cl. The molecule has 0 saturated carbocycles. The van der Waals surface area contributed by atoms with E-state index in [-0.39, 0.29) is 19.8 Å².